The van der Waals surface area contributed by atoms with E-state index in [1.54, 1.807) is 0 Å². The van der Waals surface area contributed by atoms with Gasteiger partial charge in [-0.2, -0.15) is 11.1 Å². The van der Waals surface area contributed by atoms with Gasteiger partial charge >= 0.3 is 0 Å². The Morgan fingerprint density at radius 3 is 2.50 bits per heavy atom. The van der Waals surface area contributed by atoms with Crippen LogP contribution in [0.5, 0.6) is 0 Å². The lowest BCUT2D eigenvalue weighted by Crippen LogP contribution is -2.35. The van der Waals surface area contributed by atoms with E-state index in [2.05, 4.69) is 6.92 Å². The van der Waals surface area contributed by atoms with Crippen LogP contribution in [0.3, 0.4) is 0 Å². The van der Waals surface area contributed by atoms with Crippen LogP contribution in [0.15, 0.2) is 0 Å². The summed E-state index contributed by atoms with van der Waals surface area (Å²) in [7, 11) is -0.0807. The lowest BCUT2D eigenvalue weighted by atomic mass is 10.6. The van der Waals surface area contributed by atoms with E-state index in [9.17, 15) is 0 Å². The van der Waals surface area contributed by atoms with E-state index in [0.29, 0.717) is 0 Å². The minimum Gasteiger partial charge on any atom is -0.170 e. The standard InChI is InChI=1S/C5H11ClSi2/c1-2-3-7-4-8(6)5-7/h2-5H2,1H3. The lowest BCUT2D eigenvalue weighted by molar-refractivity contribution is 1.05. The van der Waals surface area contributed by atoms with Crippen LogP contribution in [0.25, 0.3) is 0 Å². The van der Waals surface area contributed by atoms with E-state index in [1.165, 1.54) is 23.8 Å². The van der Waals surface area contributed by atoms with Gasteiger partial charge < -0.3 is 0 Å². The van der Waals surface area contributed by atoms with Gasteiger partial charge in [0, 0.05) is 8.80 Å². The van der Waals surface area contributed by atoms with E-state index < -0.39 is 0 Å². The predicted molar refractivity (Wildman–Crippen MR) is 42.1 cm³/mol. The molecule has 46 valence electrons. The van der Waals surface area contributed by atoms with E-state index in [-0.39, 0.29) is 16.9 Å². The monoisotopic (exact) mass is 162 g/mol. The quantitative estimate of drug-likeness (QED) is 0.432. The molecule has 0 bridgehead atoms. The molecular weight excluding hydrogens is 152 g/mol. The summed E-state index contributed by atoms with van der Waals surface area (Å²) in [6, 6.07) is 1.52. The van der Waals surface area contributed by atoms with Crippen molar-refractivity contribution in [1.82, 2.24) is 0 Å². The summed E-state index contributed by atoms with van der Waals surface area (Å²) in [6.07, 6.45) is 1.39. The summed E-state index contributed by atoms with van der Waals surface area (Å²) in [5.41, 5.74) is 2.95. The summed E-state index contributed by atoms with van der Waals surface area (Å²) in [5.74, 6) is 0. The Kier molecular flexibility index (Phi) is 2.60. The zero-order valence-corrected chi connectivity index (χ0v) is 7.96. The smallest absolute Gasteiger partial charge is 0.159 e. The maximum atomic E-state index is 5.91. The van der Waals surface area contributed by atoms with Crippen molar-refractivity contribution in [2.24, 2.45) is 0 Å². The summed E-state index contributed by atoms with van der Waals surface area (Å²) in [5, 5.41) is 0. The van der Waals surface area contributed by atoms with Crippen molar-refractivity contribution in [3.8, 4) is 0 Å². The Morgan fingerprint density at radius 2 is 2.12 bits per heavy atom. The number of rotatable bonds is 2. The van der Waals surface area contributed by atoms with Gasteiger partial charge in [0.15, 0.2) is 8.11 Å². The molecule has 0 saturated carbocycles. The van der Waals surface area contributed by atoms with Crippen LogP contribution in [0.4, 0.5) is 0 Å². The molecule has 3 heteroatoms. The molecule has 0 spiro atoms. The Balaban J connectivity index is 1.98. The van der Waals surface area contributed by atoms with Gasteiger partial charge in [-0.25, -0.2) is 0 Å². The van der Waals surface area contributed by atoms with Gasteiger partial charge in [0.25, 0.3) is 0 Å². The maximum absolute atomic E-state index is 5.91. The molecule has 0 amide bonds. The second-order valence-corrected chi connectivity index (χ2v) is 9.84. The van der Waals surface area contributed by atoms with Gasteiger partial charge in [-0.15, -0.1) is 0 Å². The molecule has 0 aromatic carbocycles. The molecule has 1 aliphatic rings. The minimum atomic E-state index is -0.246. The molecule has 8 heavy (non-hydrogen) atoms. The first kappa shape index (κ1) is 6.84. The fourth-order valence-electron chi connectivity index (χ4n) is 1.02. The second-order valence-electron chi connectivity index (χ2n) is 2.37. The molecule has 1 saturated heterocycles. The fraction of sp³-hybridized carbons (Fsp3) is 1.00. The first-order valence-electron chi connectivity index (χ1n) is 3.16. The molecule has 2 radical (unpaired) electrons. The third-order valence-corrected chi connectivity index (χ3v) is 12.2. The Labute approximate surface area is 59.2 Å². The minimum absolute atomic E-state index is 0.165. The Morgan fingerprint density at radius 1 is 1.50 bits per heavy atom. The van der Waals surface area contributed by atoms with Crippen molar-refractivity contribution in [1.29, 1.82) is 0 Å². The highest BCUT2D eigenvalue weighted by Gasteiger charge is 2.29. The zero-order chi connectivity index (χ0) is 5.98. The van der Waals surface area contributed by atoms with Gasteiger partial charge in [-0.1, -0.05) is 30.7 Å². The van der Waals surface area contributed by atoms with Crippen LogP contribution >= 0.6 is 11.1 Å². The molecule has 0 N–H and O–H groups in total. The number of hydrogen-bond acceptors (Lipinski definition) is 0. The van der Waals surface area contributed by atoms with Crippen LogP contribution in [0, 0.1) is 0 Å². The maximum Gasteiger partial charge on any atom is 0.159 e. The van der Waals surface area contributed by atoms with Crippen molar-refractivity contribution in [2.45, 2.75) is 30.7 Å². The van der Waals surface area contributed by atoms with Crippen LogP contribution in [0.2, 0.25) is 17.4 Å². The molecule has 0 nitrogen and oxygen atoms in total. The summed E-state index contributed by atoms with van der Waals surface area (Å²) >= 11 is 5.91. The molecule has 1 aliphatic heterocycles. The van der Waals surface area contributed by atoms with Crippen LogP contribution in [-0.4, -0.2) is 16.9 Å². The molecule has 0 unspecified atom stereocenters. The Hall–Kier alpha value is 0.724. The fourth-order valence-corrected chi connectivity index (χ4v) is 10.5. The van der Waals surface area contributed by atoms with Crippen molar-refractivity contribution < 1.29 is 0 Å². The van der Waals surface area contributed by atoms with Gasteiger partial charge in [-0.05, 0) is 0 Å². The second kappa shape index (κ2) is 3.04. The van der Waals surface area contributed by atoms with Gasteiger partial charge in [0.1, 0.15) is 0 Å². The van der Waals surface area contributed by atoms with E-state index >= 15 is 0 Å². The first-order valence-corrected chi connectivity index (χ1v) is 8.21. The molecule has 0 aliphatic carbocycles. The third kappa shape index (κ3) is 1.60. The van der Waals surface area contributed by atoms with Gasteiger partial charge in [0.05, 0.1) is 0 Å². The van der Waals surface area contributed by atoms with Crippen molar-refractivity contribution >= 4 is 28.0 Å². The van der Waals surface area contributed by atoms with Crippen molar-refractivity contribution in [3.63, 3.8) is 0 Å². The predicted octanol–water partition coefficient (Wildman–Crippen LogP) is 2.21. The third-order valence-electron chi connectivity index (χ3n) is 1.49. The normalized spacial score (nSPS) is 23.2. The van der Waals surface area contributed by atoms with Crippen molar-refractivity contribution in [2.75, 3.05) is 0 Å². The molecule has 0 aromatic heterocycles. The van der Waals surface area contributed by atoms with E-state index in [1.807, 2.05) is 0 Å². The largest absolute Gasteiger partial charge is 0.170 e. The lowest BCUT2D eigenvalue weighted by Gasteiger charge is -2.26. The number of hydrogen-bond donors (Lipinski definition) is 0. The highest BCUT2D eigenvalue weighted by Crippen LogP contribution is 2.26. The summed E-state index contributed by atoms with van der Waals surface area (Å²) < 4.78 is 0. The Bertz CT molecular complexity index is 68.1. The molecule has 0 atom stereocenters. The zero-order valence-electron chi connectivity index (χ0n) is 5.21. The molecule has 1 rings (SSSR count). The highest BCUT2D eigenvalue weighted by molar-refractivity contribution is 7.20. The van der Waals surface area contributed by atoms with Crippen LogP contribution < -0.4 is 0 Å². The number of halogens is 1. The molecule has 1 fully saturated rings. The average Bonchev–Trinajstić information content (AvgIpc) is 1.64. The van der Waals surface area contributed by atoms with Crippen LogP contribution in [-0.2, 0) is 0 Å². The summed E-state index contributed by atoms with van der Waals surface area (Å²) in [4.78, 5) is 0. The SMILES string of the molecule is CCC[Si]1C[Si](Cl)C1. The average molecular weight is 163 g/mol. The van der Waals surface area contributed by atoms with Crippen LogP contribution in [0.1, 0.15) is 13.3 Å². The highest BCUT2D eigenvalue weighted by atomic mass is 35.6. The molecular formula is C5H11ClSi2. The molecule has 0 aromatic rings. The summed E-state index contributed by atoms with van der Waals surface area (Å²) in [6.45, 7) is 2.27. The van der Waals surface area contributed by atoms with Crippen molar-refractivity contribution in [3.05, 3.63) is 0 Å². The van der Waals surface area contributed by atoms with Gasteiger partial charge in [0.2, 0.25) is 0 Å². The first-order chi connectivity index (χ1) is 3.83. The van der Waals surface area contributed by atoms with E-state index in [0.717, 1.165) is 0 Å². The van der Waals surface area contributed by atoms with Gasteiger partial charge in [-0.3, -0.25) is 0 Å². The molecule has 1 heterocycles. The van der Waals surface area contributed by atoms with E-state index in [4.69, 9.17) is 11.1 Å². The topological polar surface area (TPSA) is 0 Å².